The number of nitrogens with one attached hydrogen (secondary N) is 1. The van der Waals surface area contributed by atoms with Gasteiger partial charge in [0.05, 0.1) is 5.56 Å². The normalized spacial score (nSPS) is 14.2. The molecular weight excluding hydrogens is 274 g/mol. The van der Waals surface area contributed by atoms with Crippen molar-refractivity contribution in [3.05, 3.63) is 59.7 Å². The zero-order chi connectivity index (χ0) is 15.2. The first-order valence-electron chi connectivity index (χ1n) is 7.50. The number of rotatable bonds is 2. The molecule has 2 aromatic heterocycles. The third kappa shape index (κ3) is 3.70. The van der Waals surface area contributed by atoms with Gasteiger partial charge in [-0.05, 0) is 43.0 Å². The molecule has 0 saturated heterocycles. The van der Waals surface area contributed by atoms with Crippen LogP contribution in [0.25, 0.3) is 0 Å². The van der Waals surface area contributed by atoms with Crippen LogP contribution in [0.1, 0.15) is 47.3 Å². The number of hydrogen-bond acceptors (Lipinski definition) is 3. The maximum absolute atomic E-state index is 12.1. The molecule has 4 nitrogen and oxygen atoms in total. The molecule has 2 heterocycles. The third-order valence-corrected chi connectivity index (χ3v) is 3.71. The molecule has 0 aliphatic heterocycles. The van der Waals surface area contributed by atoms with E-state index in [9.17, 15) is 4.79 Å². The van der Waals surface area contributed by atoms with Crippen LogP contribution in [0.5, 0.6) is 0 Å². The minimum Gasteiger partial charge on any atom is -0.349 e. The average Bonchev–Trinajstić information content (AvgIpc) is 3.07. The molecule has 1 N–H and O–H groups in total. The van der Waals surface area contributed by atoms with Gasteiger partial charge in [0, 0.05) is 30.2 Å². The van der Waals surface area contributed by atoms with Gasteiger partial charge >= 0.3 is 0 Å². The maximum atomic E-state index is 12.1. The van der Waals surface area contributed by atoms with Crippen LogP contribution < -0.4 is 5.32 Å². The Kier molecular flexibility index (Phi) is 4.45. The Morgan fingerprint density at radius 1 is 1.14 bits per heavy atom. The number of pyridine rings is 2. The van der Waals surface area contributed by atoms with Crippen molar-refractivity contribution >= 4 is 5.91 Å². The zero-order valence-electron chi connectivity index (χ0n) is 12.2. The van der Waals surface area contributed by atoms with E-state index in [-0.39, 0.29) is 5.91 Å². The first-order chi connectivity index (χ1) is 10.8. The van der Waals surface area contributed by atoms with Gasteiger partial charge in [0.15, 0.2) is 0 Å². The summed E-state index contributed by atoms with van der Waals surface area (Å²) in [4.78, 5) is 20.3. The van der Waals surface area contributed by atoms with Crippen molar-refractivity contribution in [2.75, 3.05) is 0 Å². The smallest absolute Gasteiger partial charge is 0.253 e. The standard InChI is InChI=1S/C18H17N3O/c22-18(21-17-5-1-2-6-17)15-8-10-16(20-13-15)9-7-14-4-3-11-19-12-14/h3-4,8,10-13,17H,1-2,5-6H2,(H,21,22). The molecule has 0 radical (unpaired) electrons. The fraction of sp³-hybridized carbons (Fsp3) is 0.278. The molecule has 2 aromatic rings. The molecule has 0 aromatic carbocycles. The number of carbonyl (C=O) groups excluding carboxylic acids is 1. The molecule has 4 heteroatoms. The van der Waals surface area contributed by atoms with Crippen molar-refractivity contribution in [3.8, 4) is 11.8 Å². The summed E-state index contributed by atoms with van der Waals surface area (Å²) in [5.41, 5.74) is 2.06. The van der Waals surface area contributed by atoms with Gasteiger partial charge < -0.3 is 5.32 Å². The number of hydrogen-bond donors (Lipinski definition) is 1. The molecule has 1 aliphatic carbocycles. The van der Waals surface area contributed by atoms with Gasteiger partial charge in [-0.2, -0.15) is 0 Å². The average molecular weight is 291 g/mol. The molecule has 22 heavy (non-hydrogen) atoms. The summed E-state index contributed by atoms with van der Waals surface area (Å²) in [5.74, 6) is 5.91. The first-order valence-corrected chi connectivity index (χ1v) is 7.50. The van der Waals surface area contributed by atoms with Crippen LogP contribution in [0, 0.1) is 11.8 Å². The third-order valence-electron chi connectivity index (χ3n) is 3.71. The second kappa shape index (κ2) is 6.86. The Balaban J connectivity index is 1.65. The largest absolute Gasteiger partial charge is 0.349 e. The molecule has 1 amide bonds. The van der Waals surface area contributed by atoms with Crippen LogP contribution in [-0.2, 0) is 0 Å². The molecule has 1 saturated carbocycles. The zero-order valence-corrected chi connectivity index (χ0v) is 12.2. The highest BCUT2D eigenvalue weighted by molar-refractivity contribution is 5.94. The molecule has 1 aliphatic rings. The first kappa shape index (κ1) is 14.3. The Morgan fingerprint density at radius 3 is 2.68 bits per heavy atom. The Morgan fingerprint density at radius 2 is 2.00 bits per heavy atom. The van der Waals surface area contributed by atoms with Gasteiger partial charge in [-0.3, -0.25) is 9.78 Å². The Labute approximate surface area is 130 Å². The minimum atomic E-state index is -0.0498. The van der Waals surface area contributed by atoms with E-state index in [2.05, 4.69) is 27.1 Å². The number of amides is 1. The molecule has 0 unspecified atom stereocenters. The van der Waals surface area contributed by atoms with Gasteiger partial charge in [-0.1, -0.05) is 18.8 Å². The van der Waals surface area contributed by atoms with Gasteiger partial charge in [0.1, 0.15) is 5.69 Å². The topological polar surface area (TPSA) is 54.9 Å². The van der Waals surface area contributed by atoms with Gasteiger partial charge in [0.2, 0.25) is 0 Å². The minimum absolute atomic E-state index is 0.0498. The van der Waals surface area contributed by atoms with Crippen molar-refractivity contribution in [3.63, 3.8) is 0 Å². The van der Waals surface area contributed by atoms with E-state index >= 15 is 0 Å². The van der Waals surface area contributed by atoms with Crippen LogP contribution >= 0.6 is 0 Å². The van der Waals surface area contributed by atoms with E-state index in [1.807, 2.05) is 12.1 Å². The van der Waals surface area contributed by atoms with E-state index in [0.717, 1.165) is 18.4 Å². The quantitative estimate of drug-likeness (QED) is 0.865. The lowest BCUT2D eigenvalue weighted by Crippen LogP contribution is -2.32. The van der Waals surface area contributed by atoms with E-state index < -0.39 is 0 Å². The number of nitrogens with zero attached hydrogens (tertiary/aromatic N) is 2. The van der Waals surface area contributed by atoms with Crippen LogP contribution in [-0.4, -0.2) is 21.9 Å². The van der Waals surface area contributed by atoms with Gasteiger partial charge in [-0.15, -0.1) is 0 Å². The maximum Gasteiger partial charge on any atom is 0.253 e. The lowest BCUT2D eigenvalue weighted by Gasteiger charge is -2.11. The summed E-state index contributed by atoms with van der Waals surface area (Å²) in [6.07, 6.45) is 9.55. The monoisotopic (exact) mass is 291 g/mol. The summed E-state index contributed by atoms with van der Waals surface area (Å²) in [6.45, 7) is 0. The predicted molar refractivity (Wildman–Crippen MR) is 84.2 cm³/mol. The van der Waals surface area contributed by atoms with Crippen molar-refractivity contribution in [1.29, 1.82) is 0 Å². The molecule has 1 fully saturated rings. The van der Waals surface area contributed by atoms with Gasteiger partial charge in [0.25, 0.3) is 5.91 Å². The molecule has 110 valence electrons. The second-order valence-electron chi connectivity index (χ2n) is 5.38. The van der Waals surface area contributed by atoms with Crippen LogP contribution in [0.3, 0.4) is 0 Å². The summed E-state index contributed by atoms with van der Waals surface area (Å²) in [6, 6.07) is 7.59. The highest BCUT2D eigenvalue weighted by atomic mass is 16.1. The van der Waals surface area contributed by atoms with Crippen LogP contribution in [0.15, 0.2) is 42.9 Å². The summed E-state index contributed by atoms with van der Waals surface area (Å²) in [7, 11) is 0. The Hall–Kier alpha value is -2.67. The lowest BCUT2D eigenvalue weighted by atomic mass is 10.2. The molecule has 3 rings (SSSR count). The van der Waals surface area contributed by atoms with E-state index in [1.54, 1.807) is 30.7 Å². The predicted octanol–water partition coefficient (Wildman–Crippen LogP) is 2.55. The molecule has 0 atom stereocenters. The molecule has 0 bridgehead atoms. The fourth-order valence-corrected chi connectivity index (χ4v) is 2.51. The van der Waals surface area contributed by atoms with Crippen molar-refractivity contribution in [2.24, 2.45) is 0 Å². The lowest BCUT2D eigenvalue weighted by molar-refractivity contribution is 0.0937. The van der Waals surface area contributed by atoms with E-state index in [1.165, 1.54) is 12.8 Å². The highest BCUT2D eigenvalue weighted by Gasteiger charge is 2.17. The number of carbonyl (C=O) groups is 1. The Bertz CT molecular complexity index is 693. The highest BCUT2D eigenvalue weighted by Crippen LogP contribution is 2.18. The van der Waals surface area contributed by atoms with Gasteiger partial charge in [-0.25, -0.2) is 4.98 Å². The fourth-order valence-electron chi connectivity index (χ4n) is 2.51. The number of aromatic nitrogens is 2. The summed E-state index contributed by atoms with van der Waals surface area (Å²) in [5, 5.41) is 3.05. The van der Waals surface area contributed by atoms with Crippen LogP contribution in [0.4, 0.5) is 0 Å². The van der Waals surface area contributed by atoms with E-state index in [0.29, 0.717) is 17.3 Å². The summed E-state index contributed by atoms with van der Waals surface area (Å²) >= 11 is 0. The van der Waals surface area contributed by atoms with Crippen LogP contribution in [0.2, 0.25) is 0 Å². The van der Waals surface area contributed by atoms with Crippen molar-refractivity contribution in [2.45, 2.75) is 31.7 Å². The van der Waals surface area contributed by atoms with Crippen molar-refractivity contribution in [1.82, 2.24) is 15.3 Å². The van der Waals surface area contributed by atoms with E-state index in [4.69, 9.17) is 0 Å². The SMILES string of the molecule is O=C(NC1CCCC1)c1ccc(C#Cc2cccnc2)nc1. The molecule has 0 spiro atoms. The van der Waals surface area contributed by atoms with Crippen molar-refractivity contribution < 1.29 is 4.79 Å². The second-order valence-corrected chi connectivity index (χ2v) is 5.38. The summed E-state index contributed by atoms with van der Waals surface area (Å²) < 4.78 is 0. The molecular formula is C18H17N3O.